The molecule has 6 nitrogen and oxygen atoms in total. The summed E-state index contributed by atoms with van der Waals surface area (Å²) in [5, 5.41) is 3.74. The summed E-state index contributed by atoms with van der Waals surface area (Å²) in [4.78, 5) is 2.41. The van der Waals surface area contributed by atoms with E-state index in [9.17, 15) is 8.42 Å². The molecule has 0 spiro atoms. The topological polar surface area (TPSA) is 66.7 Å². The van der Waals surface area contributed by atoms with Crippen LogP contribution in [0, 0.1) is 13.8 Å². The molecular formula is C12H21N3O3S. The molecule has 108 valence electrons. The summed E-state index contributed by atoms with van der Waals surface area (Å²) >= 11 is 0. The summed E-state index contributed by atoms with van der Waals surface area (Å²) in [6, 6.07) is 0.387. The maximum Gasteiger partial charge on any atom is 0.248 e. The first kappa shape index (κ1) is 14.5. The van der Waals surface area contributed by atoms with Crippen molar-refractivity contribution in [2.45, 2.75) is 44.7 Å². The Labute approximate surface area is 114 Å². The first-order chi connectivity index (χ1) is 8.75. The number of piperazine rings is 1. The number of aryl methyl sites for hydroxylation is 2. The van der Waals surface area contributed by atoms with Gasteiger partial charge >= 0.3 is 0 Å². The molecule has 2 unspecified atom stereocenters. The number of likely N-dealkylation sites (N-methyl/N-ethyl adjacent to an activating group) is 1. The summed E-state index contributed by atoms with van der Waals surface area (Å²) in [6.45, 7) is 8.35. The first-order valence-electron chi connectivity index (χ1n) is 6.40. The van der Waals surface area contributed by atoms with Crippen LogP contribution in [0.2, 0.25) is 0 Å². The van der Waals surface area contributed by atoms with Crippen LogP contribution in [0.5, 0.6) is 0 Å². The van der Waals surface area contributed by atoms with Crippen molar-refractivity contribution in [1.29, 1.82) is 0 Å². The van der Waals surface area contributed by atoms with Crippen LogP contribution in [-0.2, 0) is 10.0 Å². The molecule has 1 aromatic heterocycles. The third kappa shape index (κ3) is 2.42. The quantitative estimate of drug-likeness (QED) is 0.812. The summed E-state index contributed by atoms with van der Waals surface area (Å²) < 4.78 is 31.9. The molecule has 0 saturated carbocycles. The molecule has 0 aromatic carbocycles. The van der Waals surface area contributed by atoms with E-state index < -0.39 is 10.0 Å². The Morgan fingerprint density at radius 2 is 1.74 bits per heavy atom. The van der Waals surface area contributed by atoms with E-state index >= 15 is 0 Å². The first-order valence-corrected chi connectivity index (χ1v) is 7.84. The molecule has 2 rings (SSSR count). The normalized spacial score (nSPS) is 26.8. The minimum atomic E-state index is -3.52. The zero-order chi connectivity index (χ0) is 14.4. The second-order valence-corrected chi connectivity index (χ2v) is 7.21. The summed E-state index contributed by atoms with van der Waals surface area (Å²) in [6.07, 6.45) is 0. The average molecular weight is 287 g/mol. The molecule has 0 radical (unpaired) electrons. The van der Waals surface area contributed by atoms with Gasteiger partial charge in [-0.25, -0.2) is 8.42 Å². The fourth-order valence-corrected chi connectivity index (χ4v) is 4.42. The number of rotatable bonds is 2. The molecule has 0 N–H and O–H groups in total. The third-order valence-electron chi connectivity index (χ3n) is 3.89. The molecule has 1 saturated heterocycles. The number of hydrogen-bond acceptors (Lipinski definition) is 5. The van der Waals surface area contributed by atoms with Gasteiger partial charge in [0.1, 0.15) is 10.6 Å². The van der Waals surface area contributed by atoms with E-state index in [2.05, 4.69) is 10.1 Å². The van der Waals surface area contributed by atoms with E-state index in [-0.39, 0.29) is 17.0 Å². The van der Waals surface area contributed by atoms with Crippen molar-refractivity contribution in [3.63, 3.8) is 0 Å². The van der Waals surface area contributed by atoms with Crippen LogP contribution in [0.3, 0.4) is 0 Å². The Kier molecular flexibility index (Phi) is 3.72. The van der Waals surface area contributed by atoms with Crippen molar-refractivity contribution in [2.24, 2.45) is 0 Å². The molecule has 19 heavy (non-hydrogen) atoms. The number of sulfonamides is 1. The van der Waals surface area contributed by atoms with Crippen molar-refractivity contribution in [3.8, 4) is 0 Å². The minimum Gasteiger partial charge on any atom is -0.360 e. The van der Waals surface area contributed by atoms with Crippen molar-refractivity contribution < 1.29 is 12.9 Å². The fourth-order valence-electron chi connectivity index (χ4n) is 2.52. The van der Waals surface area contributed by atoms with E-state index in [4.69, 9.17) is 4.52 Å². The molecule has 0 aliphatic carbocycles. The largest absolute Gasteiger partial charge is 0.360 e. The maximum absolute atomic E-state index is 12.7. The van der Waals surface area contributed by atoms with Gasteiger partial charge in [0, 0.05) is 25.2 Å². The lowest BCUT2D eigenvalue weighted by Gasteiger charge is -2.41. The van der Waals surface area contributed by atoms with Crippen LogP contribution in [0.25, 0.3) is 0 Å². The second kappa shape index (κ2) is 4.88. The number of nitrogens with zero attached hydrogens (tertiary/aromatic N) is 3. The number of aromatic nitrogens is 1. The number of hydrogen-bond donors (Lipinski definition) is 0. The molecule has 7 heteroatoms. The molecule has 2 heterocycles. The van der Waals surface area contributed by atoms with Gasteiger partial charge < -0.3 is 4.52 Å². The highest BCUT2D eigenvalue weighted by molar-refractivity contribution is 7.89. The third-order valence-corrected chi connectivity index (χ3v) is 5.97. The van der Waals surface area contributed by atoms with Crippen LogP contribution in [0.4, 0.5) is 0 Å². The predicted molar refractivity (Wildman–Crippen MR) is 71.4 cm³/mol. The molecular weight excluding hydrogens is 266 g/mol. The predicted octanol–water partition coefficient (Wildman–Crippen LogP) is 1.00. The van der Waals surface area contributed by atoms with E-state index in [0.29, 0.717) is 24.5 Å². The average Bonchev–Trinajstić information content (AvgIpc) is 2.65. The molecule has 1 aliphatic rings. The van der Waals surface area contributed by atoms with Gasteiger partial charge in [0.05, 0.1) is 0 Å². The van der Waals surface area contributed by atoms with Gasteiger partial charge in [0.2, 0.25) is 10.0 Å². The minimum absolute atomic E-state index is 0.194. The van der Waals surface area contributed by atoms with Gasteiger partial charge in [-0.15, -0.1) is 0 Å². The maximum atomic E-state index is 12.7. The zero-order valence-electron chi connectivity index (χ0n) is 12.0. The van der Waals surface area contributed by atoms with Gasteiger partial charge in [-0.1, -0.05) is 5.16 Å². The highest BCUT2D eigenvalue weighted by Gasteiger charge is 2.37. The highest BCUT2D eigenvalue weighted by Crippen LogP contribution is 2.26. The van der Waals surface area contributed by atoms with Gasteiger partial charge in [0.15, 0.2) is 5.76 Å². The smallest absolute Gasteiger partial charge is 0.248 e. The lowest BCUT2D eigenvalue weighted by atomic mass is 10.1. The van der Waals surface area contributed by atoms with Crippen molar-refractivity contribution in [1.82, 2.24) is 14.4 Å². The molecule has 1 aromatic rings. The Bertz CT molecular complexity index is 535. The van der Waals surface area contributed by atoms with Crippen molar-refractivity contribution in [2.75, 3.05) is 20.1 Å². The Balaban J connectivity index is 2.36. The van der Waals surface area contributed by atoms with Crippen LogP contribution >= 0.6 is 0 Å². The molecule has 1 fully saturated rings. The lowest BCUT2D eigenvalue weighted by molar-refractivity contribution is 0.105. The van der Waals surface area contributed by atoms with E-state index in [1.807, 2.05) is 20.9 Å². The Morgan fingerprint density at radius 3 is 2.16 bits per heavy atom. The molecule has 2 atom stereocenters. The fraction of sp³-hybridized carbons (Fsp3) is 0.750. The van der Waals surface area contributed by atoms with Gasteiger partial charge in [-0.05, 0) is 34.7 Å². The van der Waals surface area contributed by atoms with Gasteiger partial charge in [-0.2, -0.15) is 4.31 Å². The molecule has 0 bridgehead atoms. The summed E-state index contributed by atoms with van der Waals surface area (Å²) in [5.41, 5.74) is 0.428. The van der Waals surface area contributed by atoms with Crippen LogP contribution < -0.4 is 0 Å². The monoisotopic (exact) mass is 287 g/mol. The van der Waals surface area contributed by atoms with Crippen molar-refractivity contribution >= 4 is 10.0 Å². The van der Waals surface area contributed by atoms with Crippen LogP contribution in [-0.4, -0.2) is 55.0 Å². The summed E-state index contributed by atoms with van der Waals surface area (Å²) in [7, 11) is -1.50. The highest BCUT2D eigenvalue weighted by atomic mass is 32.2. The summed E-state index contributed by atoms with van der Waals surface area (Å²) in [5.74, 6) is 0.358. The van der Waals surface area contributed by atoms with Crippen LogP contribution in [0.1, 0.15) is 25.3 Å². The van der Waals surface area contributed by atoms with Gasteiger partial charge in [0.25, 0.3) is 0 Å². The van der Waals surface area contributed by atoms with E-state index in [1.165, 1.54) is 4.31 Å². The van der Waals surface area contributed by atoms with E-state index in [0.717, 1.165) is 0 Å². The van der Waals surface area contributed by atoms with Gasteiger partial charge in [-0.3, -0.25) is 4.90 Å². The Hall–Kier alpha value is -0.920. The van der Waals surface area contributed by atoms with Crippen molar-refractivity contribution in [3.05, 3.63) is 11.5 Å². The SMILES string of the molecule is Cc1noc(C)c1S(=O)(=O)N1CC(C)N(C)C(C)C1. The van der Waals surface area contributed by atoms with E-state index in [1.54, 1.807) is 13.8 Å². The Morgan fingerprint density at radius 1 is 1.21 bits per heavy atom. The lowest BCUT2D eigenvalue weighted by Crippen LogP contribution is -2.56. The molecule has 1 aliphatic heterocycles. The van der Waals surface area contributed by atoms with Crippen LogP contribution in [0.15, 0.2) is 9.42 Å². The standard InChI is InChI=1S/C12H21N3O3S/c1-8-6-15(7-9(2)14(8)5)19(16,17)12-10(3)13-18-11(12)4/h8-9H,6-7H2,1-5H3. The zero-order valence-corrected chi connectivity index (χ0v) is 12.9. The molecule has 0 amide bonds. The second-order valence-electron chi connectivity index (χ2n) is 5.34.